The Labute approximate surface area is 168 Å². The molecule has 1 heterocycles. The Bertz CT molecular complexity index is 850. The number of carbonyl (C=O) groups is 3. The highest BCUT2D eigenvalue weighted by Gasteiger charge is 2.50. The van der Waals surface area contributed by atoms with Crippen LogP contribution in [0.25, 0.3) is 0 Å². The first-order valence-electron chi connectivity index (χ1n) is 9.34. The molecule has 4 atom stereocenters. The van der Waals surface area contributed by atoms with Crippen molar-refractivity contribution in [2.75, 3.05) is 0 Å². The molecule has 3 rings (SSSR count). The van der Waals surface area contributed by atoms with Crippen LogP contribution in [0.4, 0.5) is 0 Å². The molecule has 1 aliphatic rings. The lowest BCUT2D eigenvalue weighted by Gasteiger charge is -2.23. The number of carbonyl (C=O) groups excluding carboxylic acids is 3. The molecular weight excluding hydrogens is 376 g/mol. The van der Waals surface area contributed by atoms with Gasteiger partial charge in [-0.15, -0.1) is 0 Å². The number of ether oxygens (including phenoxy) is 4. The average Bonchev–Trinajstić information content (AvgIpc) is 3.04. The predicted octanol–water partition coefficient (Wildman–Crippen LogP) is 3.14. The van der Waals surface area contributed by atoms with E-state index in [-0.39, 0.29) is 0 Å². The van der Waals surface area contributed by atoms with Crippen LogP contribution in [0.2, 0.25) is 0 Å². The second-order valence-electron chi connectivity index (χ2n) is 6.53. The molecule has 1 saturated heterocycles. The van der Waals surface area contributed by atoms with E-state index in [0.29, 0.717) is 17.5 Å². The summed E-state index contributed by atoms with van der Waals surface area (Å²) >= 11 is 0. The molecular formula is C22H22O7. The molecule has 29 heavy (non-hydrogen) atoms. The summed E-state index contributed by atoms with van der Waals surface area (Å²) in [4.78, 5) is 36.6. The third kappa shape index (κ3) is 5.00. The first-order valence-corrected chi connectivity index (χ1v) is 9.34. The molecule has 7 nitrogen and oxygen atoms in total. The second-order valence-corrected chi connectivity index (χ2v) is 6.53. The number of hydrogen-bond acceptors (Lipinski definition) is 7. The fourth-order valence-electron chi connectivity index (χ4n) is 3.08. The van der Waals surface area contributed by atoms with Crippen molar-refractivity contribution in [2.45, 2.75) is 44.9 Å². The summed E-state index contributed by atoms with van der Waals surface area (Å²) < 4.78 is 22.1. The Morgan fingerprint density at radius 1 is 0.793 bits per heavy atom. The minimum Gasteiger partial charge on any atom is -0.452 e. The van der Waals surface area contributed by atoms with Crippen molar-refractivity contribution in [3.63, 3.8) is 0 Å². The third-order valence-electron chi connectivity index (χ3n) is 4.46. The molecule has 1 fully saturated rings. The van der Waals surface area contributed by atoms with Gasteiger partial charge in [-0.2, -0.15) is 0 Å². The first-order chi connectivity index (χ1) is 14.0. The molecule has 0 spiro atoms. The molecule has 1 aliphatic heterocycles. The van der Waals surface area contributed by atoms with E-state index in [1.54, 1.807) is 60.7 Å². The van der Waals surface area contributed by atoms with Gasteiger partial charge >= 0.3 is 17.9 Å². The molecule has 2 aromatic carbocycles. The molecule has 0 saturated carbocycles. The fourth-order valence-corrected chi connectivity index (χ4v) is 3.08. The van der Waals surface area contributed by atoms with Gasteiger partial charge in [-0.25, -0.2) is 9.59 Å². The van der Waals surface area contributed by atoms with Crippen molar-refractivity contribution in [3.8, 4) is 0 Å². The Hall–Kier alpha value is -3.19. The van der Waals surface area contributed by atoms with E-state index in [2.05, 4.69) is 0 Å². The Morgan fingerprint density at radius 2 is 1.28 bits per heavy atom. The fraction of sp³-hybridized carbons (Fsp3) is 0.318. The van der Waals surface area contributed by atoms with Crippen LogP contribution in [0, 0.1) is 0 Å². The van der Waals surface area contributed by atoms with Gasteiger partial charge in [-0.05, 0) is 30.7 Å². The zero-order chi connectivity index (χ0) is 20.8. The Morgan fingerprint density at radius 3 is 1.72 bits per heavy atom. The molecule has 0 aromatic heterocycles. The van der Waals surface area contributed by atoms with Gasteiger partial charge in [0.1, 0.15) is 6.10 Å². The van der Waals surface area contributed by atoms with Crippen LogP contribution in [0.3, 0.4) is 0 Å². The zero-order valence-electron chi connectivity index (χ0n) is 16.1. The van der Waals surface area contributed by atoms with Crippen LogP contribution in [0.15, 0.2) is 60.7 Å². The van der Waals surface area contributed by atoms with Gasteiger partial charge in [0.2, 0.25) is 12.4 Å². The van der Waals surface area contributed by atoms with Gasteiger partial charge in [0.15, 0.2) is 6.10 Å². The Kier molecular flexibility index (Phi) is 6.61. The van der Waals surface area contributed by atoms with Gasteiger partial charge in [-0.3, -0.25) is 4.79 Å². The highest BCUT2D eigenvalue weighted by molar-refractivity contribution is 5.90. The molecule has 0 radical (unpaired) electrons. The highest BCUT2D eigenvalue weighted by Crippen LogP contribution is 2.31. The normalized spacial score (nSPS) is 23.2. The average molecular weight is 398 g/mol. The molecule has 0 N–H and O–H groups in total. The molecule has 0 amide bonds. The number of benzene rings is 2. The van der Waals surface area contributed by atoms with Crippen molar-refractivity contribution in [3.05, 3.63) is 71.8 Å². The minimum atomic E-state index is -1.17. The smallest absolute Gasteiger partial charge is 0.338 e. The maximum absolute atomic E-state index is 12.6. The summed E-state index contributed by atoms with van der Waals surface area (Å²) in [6.45, 7) is 3.06. The van der Waals surface area contributed by atoms with Crippen LogP contribution in [0.1, 0.15) is 41.0 Å². The third-order valence-corrected chi connectivity index (χ3v) is 4.46. The standard InChI is InChI=1S/C22H22O7/c1-3-17-18(28-20(24)15-10-6-4-7-11-15)19(22(27-17)26-14(2)23)29-21(25)16-12-8-5-9-13-16/h4-13,17-19,22H,3H2,1-2H3/t17-,18?,19+,22?/m1/s1. The van der Waals surface area contributed by atoms with Gasteiger partial charge in [0, 0.05) is 6.92 Å². The van der Waals surface area contributed by atoms with E-state index in [9.17, 15) is 14.4 Å². The van der Waals surface area contributed by atoms with Gasteiger partial charge in [-0.1, -0.05) is 43.3 Å². The molecule has 7 heteroatoms. The topological polar surface area (TPSA) is 88.1 Å². The summed E-state index contributed by atoms with van der Waals surface area (Å²) in [5.74, 6) is -1.81. The maximum atomic E-state index is 12.6. The van der Waals surface area contributed by atoms with E-state index in [1.807, 2.05) is 6.92 Å². The number of esters is 3. The lowest BCUT2D eigenvalue weighted by molar-refractivity contribution is -0.186. The first kappa shape index (κ1) is 20.5. The van der Waals surface area contributed by atoms with Crippen LogP contribution >= 0.6 is 0 Å². The van der Waals surface area contributed by atoms with Crippen molar-refractivity contribution < 1.29 is 33.3 Å². The SMILES string of the molecule is CC[C@H]1OC(OC(C)=O)[C@@H](OC(=O)c2ccccc2)C1OC(=O)c1ccccc1. The lowest BCUT2D eigenvalue weighted by atomic mass is 10.1. The van der Waals surface area contributed by atoms with E-state index in [4.69, 9.17) is 18.9 Å². The van der Waals surface area contributed by atoms with Crippen molar-refractivity contribution in [1.29, 1.82) is 0 Å². The van der Waals surface area contributed by atoms with Gasteiger partial charge in [0.25, 0.3) is 0 Å². The van der Waals surface area contributed by atoms with E-state index < -0.39 is 42.5 Å². The number of rotatable bonds is 6. The van der Waals surface area contributed by atoms with Gasteiger partial charge < -0.3 is 18.9 Å². The summed E-state index contributed by atoms with van der Waals surface area (Å²) in [7, 11) is 0. The highest BCUT2D eigenvalue weighted by atomic mass is 16.7. The monoisotopic (exact) mass is 398 g/mol. The molecule has 2 aromatic rings. The van der Waals surface area contributed by atoms with Crippen LogP contribution in [-0.4, -0.2) is 42.5 Å². The maximum Gasteiger partial charge on any atom is 0.338 e. The molecule has 152 valence electrons. The zero-order valence-corrected chi connectivity index (χ0v) is 16.1. The largest absolute Gasteiger partial charge is 0.452 e. The Balaban J connectivity index is 1.83. The predicted molar refractivity (Wildman–Crippen MR) is 102 cm³/mol. The number of hydrogen-bond donors (Lipinski definition) is 0. The summed E-state index contributed by atoms with van der Waals surface area (Å²) in [6.07, 6.45) is -3.32. The second kappa shape index (κ2) is 9.34. The van der Waals surface area contributed by atoms with Crippen molar-refractivity contribution in [2.24, 2.45) is 0 Å². The van der Waals surface area contributed by atoms with Gasteiger partial charge in [0.05, 0.1) is 11.1 Å². The summed E-state index contributed by atoms with van der Waals surface area (Å²) in [5.41, 5.74) is 0.675. The van der Waals surface area contributed by atoms with E-state index in [0.717, 1.165) is 0 Å². The molecule has 2 unspecified atom stereocenters. The quantitative estimate of drug-likeness (QED) is 0.546. The lowest BCUT2D eigenvalue weighted by Crippen LogP contribution is -2.41. The van der Waals surface area contributed by atoms with Crippen molar-refractivity contribution >= 4 is 17.9 Å². The van der Waals surface area contributed by atoms with E-state index >= 15 is 0 Å². The van der Waals surface area contributed by atoms with Crippen molar-refractivity contribution in [1.82, 2.24) is 0 Å². The van der Waals surface area contributed by atoms with Crippen LogP contribution in [0.5, 0.6) is 0 Å². The molecule has 0 bridgehead atoms. The summed E-state index contributed by atoms with van der Waals surface area (Å²) in [6, 6.07) is 16.8. The summed E-state index contributed by atoms with van der Waals surface area (Å²) in [5, 5.41) is 0. The van der Waals surface area contributed by atoms with Crippen LogP contribution in [-0.2, 0) is 23.7 Å². The van der Waals surface area contributed by atoms with Crippen LogP contribution < -0.4 is 0 Å². The minimum absolute atomic E-state index is 0.321. The van der Waals surface area contributed by atoms with E-state index in [1.165, 1.54) is 6.92 Å². The molecule has 0 aliphatic carbocycles.